The third kappa shape index (κ3) is 7.35. The number of H-pyrrole nitrogens is 1. The summed E-state index contributed by atoms with van der Waals surface area (Å²) in [5.74, 6) is 0.502. The standard InChI is InChI=1S/C32H56N4O5SSi3/c1-30(2,3)43(10,11)38-18-22-24(40-44(12,13)31(4,5)6)25(41-45(14,15)32(7,8)9)29(39-22)36-20-33-23-27(36)34-26(35-28(23)37)21-16-17-42-19-21/h16-17,19-20,22,24-25,29H,18H2,1-15H3,(H,34,35,37). The van der Waals surface area contributed by atoms with Crippen molar-refractivity contribution in [3.63, 3.8) is 0 Å². The largest absolute Gasteiger partial charge is 0.414 e. The van der Waals surface area contributed by atoms with E-state index >= 15 is 0 Å². The molecule has 13 heteroatoms. The minimum absolute atomic E-state index is 0.0244. The van der Waals surface area contributed by atoms with E-state index in [4.69, 9.17) is 23.0 Å². The van der Waals surface area contributed by atoms with Crippen molar-refractivity contribution in [3.8, 4) is 11.4 Å². The van der Waals surface area contributed by atoms with Crippen molar-refractivity contribution in [2.24, 2.45) is 0 Å². The van der Waals surface area contributed by atoms with Gasteiger partial charge in [-0.3, -0.25) is 9.36 Å². The van der Waals surface area contributed by atoms with Gasteiger partial charge in [0.1, 0.15) is 24.1 Å². The first-order valence-electron chi connectivity index (χ1n) is 16.0. The zero-order valence-corrected chi connectivity index (χ0v) is 33.9. The predicted octanol–water partition coefficient (Wildman–Crippen LogP) is 8.55. The van der Waals surface area contributed by atoms with Crippen molar-refractivity contribution in [1.29, 1.82) is 0 Å². The minimum Gasteiger partial charge on any atom is -0.414 e. The second kappa shape index (κ2) is 12.2. The minimum atomic E-state index is -2.34. The maximum Gasteiger partial charge on any atom is 0.279 e. The van der Waals surface area contributed by atoms with E-state index in [0.717, 1.165) is 5.56 Å². The van der Waals surface area contributed by atoms with Gasteiger partial charge in [-0.25, -0.2) is 9.97 Å². The second-order valence-corrected chi connectivity index (χ2v) is 32.2. The average Bonchev–Trinajstić information content (AvgIpc) is 3.61. The van der Waals surface area contributed by atoms with Crippen LogP contribution in [0.1, 0.15) is 68.5 Å². The van der Waals surface area contributed by atoms with Crippen LogP contribution in [-0.2, 0) is 18.0 Å². The third-order valence-corrected chi connectivity index (χ3v) is 24.8. The summed E-state index contributed by atoms with van der Waals surface area (Å²) in [6, 6.07) is 1.95. The molecule has 0 amide bonds. The Bertz CT molecular complexity index is 1530. The molecule has 1 aliphatic heterocycles. The molecule has 0 spiro atoms. The molecule has 1 N–H and O–H groups in total. The van der Waals surface area contributed by atoms with Crippen LogP contribution in [0.5, 0.6) is 0 Å². The lowest BCUT2D eigenvalue weighted by Gasteiger charge is -2.44. The SMILES string of the molecule is CC(C)(C)[Si](C)(C)OCC1OC(n2cnc3c(=O)[nH]c(-c4ccsc4)nc32)C(O[Si](C)(C)C(C)(C)C)C1O[Si](C)(C)C(C)(C)C. The first-order chi connectivity index (χ1) is 20.4. The monoisotopic (exact) mass is 692 g/mol. The highest BCUT2D eigenvalue weighted by molar-refractivity contribution is 7.08. The van der Waals surface area contributed by atoms with Crippen LogP contribution < -0.4 is 5.56 Å². The summed E-state index contributed by atoms with van der Waals surface area (Å²) in [5.41, 5.74) is 1.30. The highest BCUT2D eigenvalue weighted by Crippen LogP contribution is 2.47. The maximum atomic E-state index is 13.2. The van der Waals surface area contributed by atoms with Crippen LogP contribution in [0.4, 0.5) is 0 Å². The van der Waals surface area contributed by atoms with Crippen molar-refractivity contribution in [2.75, 3.05) is 6.61 Å². The van der Waals surface area contributed by atoms with Gasteiger partial charge in [-0.1, -0.05) is 62.3 Å². The number of nitrogens with zero attached hydrogens (tertiary/aromatic N) is 3. The van der Waals surface area contributed by atoms with E-state index in [-0.39, 0.29) is 38.4 Å². The molecule has 1 aliphatic rings. The number of rotatable bonds is 9. The summed E-state index contributed by atoms with van der Waals surface area (Å²) in [6.07, 6.45) is -0.181. The average molecular weight is 693 g/mol. The van der Waals surface area contributed by atoms with Crippen molar-refractivity contribution >= 4 is 47.5 Å². The van der Waals surface area contributed by atoms with E-state index in [2.05, 4.69) is 112 Å². The summed E-state index contributed by atoms with van der Waals surface area (Å²) in [6.45, 7) is 34.2. The van der Waals surface area contributed by atoms with Gasteiger partial charge in [0.05, 0.1) is 12.9 Å². The molecule has 0 saturated carbocycles. The number of ether oxygens (including phenoxy) is 1. The van der Waals surface area contributed by atoms with Gasteiger partial charge in [-0.05, 0) is 65.8 Å². The van der Waals surface area contributed by atoms with Crippen molar-refractivity contribution in [2.45, 2.75) is 141 Å². The molecule has 0 aromatic carbocycles. The van der Waals surface area contributed by atoms with E-state index in [0.29, 0.717) is 18.1 Å². The second-order valence-electron chi connectivity index (χ2n) is 17.1. The Morgan fingerprint density at radius 2 is 1.44 bits per heavy atom. The lowest BCUT2D eigenvalue weighted by molar-refractivity contribution is -0.0470. The normalized spacial score (nSPS) is 22.5. The summed E-state index contributed by atoms with van der Waals surface area (Å²) >= 11 is 1.56. The number of aromatic amines is 1. The van der Waals surface area contributed by atoms with Gasteiger partial charge in [0.25, 0.3) is 5.56 Å². The Kier molecular flexibility index (Phi) is 9.87. The predicted molar refractivity (Wildman–Crippen MR) is 193 cm³/mol. The molecule has 3 aromatic rings. The van der Waals surface area contributed by atoms with Crippen LogP contribution in [0.3, 0.4) is 0 Å². The van der Waals surface area contributed by atoms with Crippen LogP contribution in [0.25, 0.3) is 22.6 Å². The molecular weight excluding hydrogens is 637 g/mol. The Hall–Kier alpha value is -1.46. The molecule has 4 rings (SSSR count). The number of imidazole rings is 1. The molecule has 4 atom stereocenters. The van der Waals surface area contributed by atoms with Crippen molar-refractivity contribution in [1.82, 2.24) is 19.5 Å². The summed E-state index contributed by atoms with van der Waals surface area (Å²) in [4.78, 5) is 25.6. The molecule has 4 heterocycles. The van der Waals surface area contributed by atoms with Crippen molar-refractivity contribution in [3.05, 3.63) is 33.5 Å². The van der Waals surface area contributed by atoms with Crippen LogP contribution in [0, 0.1) is 0 Å². The molecule has 0 radical (unpaired) electrons. The zero-order valence-electron chi connectivity index (χ0n) is 30.1. The number of thiophene rings is 1. The van der Waals surface area contributed by atoms with Crippen molar-refractivity contribution < 1.29 is 18.0 Å². The number of fused-ring (bicyclic) bond motifs is 1. The fourth-order valence-corrected chi connectivity index (χ4v) is 8.78. The van der Waals surface area contributed by atoms with Gasteiger partial charge >= 0.3 is 0 Å². The molecule has 0 bridgehead atoms. The topological polar surface area (TPSA) is 100 Å². The number of hydrogen-bond acceptors (Lipinski definition) is 8. The molecule has 1 fully saturated rings. The fraction of sp³-hybridized carbons (Fsp3) is 0.719. The van der Waals surface area contributed by atoms with E-state index in [1.807, 2.05) is 21.4 Å². The summed E-state index contributed by atoms with van der Waals surface area (Å²) in [5, 5.41) is 3.91. The Labute approximate surface area is 276 Å². The van der Waals surface area contributed by atoms with Gasteiger partial charge in [0, 0.05) is 10.9 Å². The van der Waals surface area contributed by atoms with E-state index < -0.39 is 37.3 Å². The van der Waals surface area contributed by atoms with E-state index in [9.17, 15) is 4.79 Å². The maximum absolute atomic E-state index is 13.2. The lowest BCUT2D eigenvalue weighted by atomic mass is 10.1. The summed E-state index contributed by atoms with van der Waals surface area (Å²) in [7, 11) is -6.73. The quantitative estimate of drug-likeness (QED) is 0.224. The highest BCUT2D eigenvalue weighted by atomic mass is 32.1. The molecule has 45 heavy (non-hydrogen) atoms. The summed E-state index contributed by atoms with van der Waals surface area (Å²) < 4.78 is 30.2. The van der Waals surface area contributed by atoms with Gasteiger partial charge in [-0.15, -0.1) is 0 Å². The Balaban J connectivity index is 1.88. The van der Waals surface area contributed by atoms with E-state index in [1.54, 1.807) is 17.7 Å². The van der Waals surface area contributed by atoms with E-state index in [1.165, 1.54) is 0 Å². The smallest absolute Gasteiger partial charge is 0.279 e. The highest BCUT2D eigenvalue weighted by Gasteiger charge is 2.55. The molecule has 9 nitrogen and oxygen atoms in total. The van der Waals surface area contributed by atoms with Gasteiger partial charge in [0.2, 0.25) is 0 Å². The number of hydrogen-bond donors (Lipinski definition) is 1. The fourth-order valence-electron chi connectivity index (χ4n) is 4.52. The molecule has 3 aromatic heterocycles. The molecule has 4 unspecified atom stereocenters. The first kappa shape index (κ1) is 36.4. The first-order valence-corrected chi connectivity index (χ1v) is 25.7. The molecule has 252 valence electrons. The Morgan fingerprint density at radius 1 is 0.889 bits per heavy atom. The molecular formula is C32H56N4O5SSi3. The Morgan fingerprint density at radius 3 is 1.96 bits per heavy atom. The van der Waals surface area contributed by atoms with Crippen LogP contribution in [-0.4, -0.2) is 69.4 Å². The third-order valence-electron chi connectivity index (χ3n) is 10.7. The van der Waals surface area contributed by atoms with Gasteiger partial charge in [-0.2, -0.15) is 11.3 Å². The zero-order chi connectivity index (χ0) is 34.0. The number of nitrogens with one attached hydrogen (secondary N) is 1. The number of aromatic nitrogens is 4. The lowest BCUT2D eigenvalue weighted by Crippen LogP contribution is -2.54. The molecule has 1 saturated heterocycles. The molecule has 0 aliphatic carbocycles. The van der Waals surface area contributed by atoms with Crippen LogP contribution in [0.15, 0.2) is 27.9 Å². The van der Waals surface area contributed by atoms with Crippen LogP contribution >= 0.6 is 11.3 Å². The van der Waals surface area contributed by atoms with Crippen LogP contribution in [0.2, 0.25) is 54.4 Å². The van der Waals surface area contributed by atoms with Gasteiger partial charge in [0.15, 0.2) is 42.3 Å². The van der Waals surface area contributed by atoms with Gasteiger partial charge < -0.3 is 23.0 Å².